The Morgan fingerprint density at radius 1 is 1.29 bits per heavy atom. The van der Waals surface area contributed by atoms with Crippen LogP contribution in [0.1, 0.15) is 72.1 Å². The summed E-state index contributed by atoms with van der Waals surface area (Å²) in [7, 11) is 0. The smallest absolute Gasteiger partial charge is 0.193 e. The summed E-state index contributed by atoms with van der Waals surface area (Å²) >= 11 is 0. The van der Waals surface area contributed by atoms with Crippen LogP contribution in [0.4, 0.5) is 0 Å². The van der Waals surface area contributed by atoms with Crippen molar-refractivity contribution in [1.29, 1.82) is 0 Å². The van der Waals surface area contributed by atoms with Crippen LogP contribution in [0.25, 0.3) is 0 Å². The Morgan fingerprint density at radius 3 is 2.77 bits per heavy atom. The van der Waals surface area contributed by atoms with Gasteiger partial charge < -0.3 is 19.7 Å². The molecule has 31 heavy (non-hydrogen) atoms. The second-order valence-corrected chi connectivity index (χ2v) is 11.1. The predicted molar refractivity (Wildman–Crippen MR) is 113 cm³/mol. The maximum Gasteiger partial charge on any atom is 0.193 e. The molecule has 4 aliphatic carbocycles. The number of allylic oxidation sites excluding steroid dienone is 1. The molecule has 0 bridgehead atoms. The third kappa shape index (κ3) is 2.71. The highest BCUT2D eigenvalue weighted by Crippen LogP contribution is 2.70. The number of hydrogen-bond acceptors (Lipinski definition) is 6. The van der Waals surface area contributed by atoms with Gasteiger partial charge in [0.2, 0.25) is 0 Å². The minimum atomic E-state index is -1.18. The standard InChI is InChI=1S/C25H36O6/c1-4-5-21-30-20-11-17-16-7-6-14-10-15(27)8-9-23(14,2)22(16)18(28)12-24(17,3)25(20,31-21)19(29)13-26/h10,16-18,20-22,26,28H,4-9,11-13H2,1-3H3/t16-,17-,18-,20+,21?,22+,23-,24-,25+/m0/s1. The van der Waals surface area contributed by atoms with Crippen molar-refractivity contribution in [3.63, 3.8) is 0 Å². The van der Waals surface area contributed by atoms with Gasteiger partial charge in [0.15, 0.2) is 23.5 Å². The van der Waals surface area contributed by atoms with Gasteiger partial charge in [-0.2, -0.15) is 0 Å². The molecule has 0 aromatic rings. The summed E-state index contributed by atoms with van der Waals surface area (Å²) < 4.78 is 12.7. The van der Waals surface area contributed by atoms with Gasteiger partial charge in [0.05, 0.1) is 12.2 Å². The fourth-order valence-electron chi connectivity index (χ4n) is 8.48. The highest BCUT2D eigenvalue weighted by atomic mass is 16.7. The SMILES string of the molecule is CCCC1O[C@@H]2C[C@H]3[C@@H]4CCC5=CC(=O)CC[C@]5(C)[C@H]4[C@@H](O)C[C@]3(C)[C@]2(C(=O)CO)O1. The monoisotopic (exact) mass is 432 g/mol. The normalized spacial score (nSPS) is 50.9. The molecule has 0 aromatic carbocycles. The number of Topliss-reactive ketones (excluding diaryl/α,β-unsaturated/α-hetero) is 1. The fraction of sp³-hybridized carbons (Fsp3) is 0.840. The van der Waals surface area contributed by atoms with Crippen LogP contribution in [0.15, 0.2) is 11.6 Å². The van der Waals surface area contributed by atoms with Gasteiger partial charge >= 0.3 is 0 Å². The summed E-state index contributed by atoms with van der Waals surface area (Å²) in [4.78, 5) is 25.3. The molecule has 6 nitrogen and oxygen atoms in total. The van der Waals surface area contributed by atoms with Crippen molar-refractivity contribution in [3.8, 4) is 0 Å². The highest BCUT2D eigenvalue weighted by molar-refractivity contribution is 5.92. The third-order valence-electron chi connectivity index (χ3n) is 9.77. The molecule has 1 saturated heterocycles. The zero-order chi connectivity index (χ0) is 22.2. The average molecular weight is 433 g/mol. The first kappa shape index (κ1) is 21.7. The number of hydrogen-bond donors (Lipinski definition) is 2. The van der Waals surface area contributed by atoms with Crippen molar-refractivity contribution in [2.24, 2.45) is 28.6 Å². The molecule has 2 N–H and O–H groups in total. The Hall–Kier alpha value is -1.08. The number of aliphatic hydroxyl groups excluding tert-OH is 2. The molecule has 5 aliphatic rings. The highest BCUT2D eigenvalue weighted by Gasteiger charge is 2.75. The van der Waals surface area contributed by atoms with Crippen LogP contribution in [0, 0.1) is 28.6 Å². The fourth-order valence-corrected chi connectivity index (χ4v) is 8.48. The van der Waals surface area contributed by atoms with Crippen molar-refractivity contribution in [2.45, 2.75) is 96.2 Å². The first-order chi connectivity index (χ1) is 14.7. The van der Waals surface area contributed by atoms with Crippen molar-refractivity contribution in [3.05, 3.63) is 11.6 Å². The first-order valence-corrected chi connectivity index (χ1v) is 12.1. The molecular formula is C25H36O6. The second-order valence-electron chi connectivity index (χ2n) is 11.1. The Labute approximate surface area is 184 Å². The molecule has 1 heterocycles. The molecule has 1 aliphatic heterocycles. The number of rotatable bonds is 4. The molecule has 1 unspecified atom stereocenters. The van der Waals surface area contributed by atoms with Crippen molar-refractivity contribution < 1.29 is 29.3 Å². The van der Waals surface area contributed by atoms with E-state index in [2.05, 4.69) is 20.8 Å². The van der Waals surface area contributed by atoms with E-state index in [1.54, 1.807) is 0 Å². The molecule has 0 spiro atoms. The predicted octanol–water partition coefficient (Wildman–Crippen LogP) is 2.94. The van der Waals surface area contributed by atoms with Crippen LogP contribution in [-0.2, 0) is 19.1 Å². The van der Waals surface area contributed by atoms with Crippen LogP contribution < -0.4 is 0 Å². The summed E-state index contributed by atoms with van der Waals surface area (Å²) in [5, 5.41) is 21.5. The molecule has 9 atom stereocenters. The number of ketones is 2. The van der Waals surface area contributed by atoms with Crippen molar-refractivity contribution >= 4 is 11.6 Å². The Morgan fingerprint density at radius 2 is 2.06 bits per heavy atom. The minimum absolute atomic E-state index is 0.0743. The molecule has 0 amide bonds. The number of carbonyl (C=O) groups is 2. The molecule has 5 rings (SSSR count). The number of aliphatic hydroxyl groups is 2. The van der Waals surface area contributed by atoms with Gasteiger partial charge in [0.25, 0.3) is 0 Å². The zero-order valence-electron chi connectivity index (χ0n) is 18.9. The molecule has 4 fully saturated rings. The van der Waals surface area contributed by atoms with E-state index in [0.717, 1.165) is 32.1 Å². The van der Waals surface area contributed by atoms with E-state index >= 15 is 0 Å². The lowest BCUT2D eigenvalue weighted by Gasteiger charge is -2.60. The lowest BCUT2D eigenvalue weighted by molar-refractivity contribution is -0.203. The van der Waals surface area contributed by atoms with Gasteiger partial charge in [0, 0.05) is 11.8 Å². The van der Waals surface area contributed by atoms with Crippen LogP contribution in [0.5, 0.6) is 0 Å². The maximum absolute atomic E-state index is 13.2. The van der Waals surface area contributed by atoms with E-state index in [4.69, 9.17) is 9.47 Å². The van der Waals surface area contributed by atoms with E-state index < -0.39 is 30.0 Å². The largest absolute Gasteiger partial charge is 0.393 e. The van der Waals surface area contributed by atoms with E-state index in [1.165, 1.54) is 5.57 Å². The molecule has 0 aromatic heterocycles. The molecule has 6 heteroatoms. The lowest BCUT2D eigenvalue weighted by Crippen LogP contribution is -2.63. The molecule has 3 saturated carbocycles. The Balaban J connectivity index is 1.55. The van der Waals surface area contributed by atoms with Crippen LogP contribution in [0.2, 0.25) is 0 Å². The van der Waals surface area contributed by atoms with Crippen LogP contribution in [0.3, 0.4) is 0 Å². The average Bonchev–Trinajstić information content (AvgIpc) is 3.20. The van der Waals surface area contributed by atoms with Crippen molar-refractivity contribution in [1.82, 2.24) is 0 Å². The van der Waals surface area contributed by atoms with E-state index in [1.807, 2.05) is 6.08 Å². The van der Waals surface area contributed by atoms with Gasteiger partial charge in [0.1, 0.15) is 6.61 Å². The van der Waals surface area contributed by atoms with Gasteiger partial charge in [-0.25, -0.2) is 0 Å². The van der Waals surface area contributed by atoms with Crippen LogP contribution >= 0.6 is 0 Å². The maximum atomic E-state index is 13.2. The van der Waals surface area contributed by atoms with E-state index in [9.17, 15) is 19.8 Å². The summed E-state index contributed by atoms with van der Waals surface area (Å²) in [6, 6.07) is 0. The number of ether oxygens (including phenoxy) is 2. The van der Waals surface area contributed by atoms with Gasteiger partial charge in [-0.1, -0.05) is 32.8 Å². The Kier molecular flexibility index (Phi) is 5.06. The molecule has 0 radical (unpaired) electrons. The quantitative estimate of drug-likeness (QED) is 0.710. The molecule has 172 valence electrons. The number of carbonyl (C=O) groups excluding carboxylic acids is 2. The summed E-state index contributed by atoms with van der Waals surface area (Å²) in [6.45, 7) is 5.80. The minimum Gasteiger partial charge on any atom is -0.393 e. The summed E-state index contributed by atoms with van der Waals surface area (Å²) in [5.74, 6) is 0.394. The zero-order valence-corrected chi connectivity index (χ0v) is 18.9. The lowest BCUT2D eigenvalue weighted by atomic mass is 9.45. The van der Waals surface area contributed by atoms with E-state index in [-0.39, 0.29) is 40.8 Å². The van der Waals surface area contributed by atoms with Gasteiger partial charge in [-0.05, 0) is 67.8 Å². The van der Waals surface area contributed by atoms with Crippen molar-refractivity contribution in [2.75, 3.05) is 6.61 Å². The van der Waals surface area contributed by atoms with Gasteiger partial charge in [-0.3, -0.25) is 9.59 Å². The first-order valence-electron chi connectivity index (χ1n) is 12.1. The molecular weight excluding hydrogens is 396 g/mol. The summed E-state index contributed by atoms with van der Waals surface area (Å²) in [6.07, 6.45) is 6.35. The Bertz CT molecular complexity index is 821. The summed E-state index contributed by atoms with van der Waals surface area (Å²) in [5.41, 5.74) is -0.738. The van der Waals surface area contributed by atoms with E-state index in [0.29, 0.717) is 19.3 Å². The number of fused-ring (bicyclic) bond motifs is 7. The van der Waals surface area contributed by atoms with Gasteiger partial charge in [-0.15, -0.1) is 0 Å². The second kappa shape index (κ2) is 7.21. The third-order valence-corrected chi connectivity index (χ3v) is 9.77. The topological polar surface area (TPSA) is 93.1 Å². The van der Waals surface area contributed by atoms with Crippen LogP contribution in [-0.4, -0.2) is 52.5 Å².